The summed E-state index contributed by atoms with van der Waals surface area (Å²) in [6.45, 7) is -1.68. The molecule has 13 nitrogen and oxygen atoms in total. The third-order valence-electron chi connectivity index (χ3n) is 3.22. The zero-order chi connectivity index (χ0) is 20.0. The van der Waals surface area contributed by atoms with Crippen LogP contribution in [0, 0.1) is 5.92 Å². The van der Waals surface area contributed by atoms with E-state index in [-0.39, 0.29) is 0 Å². The molecule has 0 spiro atoms. The van der Waals surface area contributed by atoms with Gasteiger partial charge in [-0.3, -0.25) is 14.4 Å². The Balaban J connectivity index is 3.07. The number of carbonyl (C=O) groups is 4. The van der Waals surface area contributed by atoms with Gasteiger partial charge in [0.15, 0.2) is 34.8 Å². The number of aliphatic hydroxyl groups is 2. The molecule has 13 heteroatoms. The SMILES string of the molecule is Nc1nc(C(=O)N[C@@H](CO)C(=O)O)c(N)nc1C(=O)C[C@@H](CO)C(=O)O. The van der Waals surface area contributed by atoms with Crippen molar-refractivity contribution in [2.75, 3.05) is 24.7 Å². The van der Waals surface area contributed by atoms with Crippen molar-refractivity contribution in [2.45, 2.75) is 12.5 Å². The molecular formula is C13H17N5O8. The number of aliphatic hydroxyl groups excluding tert-OH is 2. The Bertz CT molecular complexity index is 676. The lowest BCUT2D eigenvalue weighted by atomic mass is 10.0. The van der Waals surface area contributed by atoms with Crippen molar-refractivity contribution < 1.29 is 39.6 Å². The predicted octanol–water partition coefficient (Wildman–Crippen LogP) is -2.92. The summed E-state index contributed by atoms with van der Waals surface area (Å²) in [6.07, 6.45) is -0.624. The summed E-state index contributed by atoms with van der Waals surface area (Å²) >= 11 is 0. The molecule has 1 heterocycles. The molecule has 0 radical (unpaired) electrons. The molecule has 0 aliphatic rings. The average molecular weight is 371 g/mol. The van der Waals surface area contributed by atoms with Crippen LogP contribution in [0.15, 0.2) is 0 Å². The predicted molar refractivity (Wildman–Crippen MR) is 84.0 cm³/mol. The molecule has 0 bridgehead atoms. The van der Waals surface area contributed by atoms with E-state index in [1.54, 1.807) is 0 Å². The van der Waals surface area contributed by atoms with Gasteiger partial charge in [-0.1, -0.05) is 0 Å². The zero-order valence-corrected chi connectivity index (χ0v) is 13.2. The van der Waals surface area contributed by atoms with Crippen molar-refractivity contribution in [1.29, 1.82) is 0 Å². The van der Waals surface area contributed by atoms with Crippen LogP contribution in [-0.2, 0) is 9.59 Å². The Morgan fingerprint density at radius 3 is 1.92 bits per heavy atom. The first-order chi connectivity index (χ1) is 12.1. The fourth-order valence-electron chi connectivity index (χ4n) is 1.80. The molecule has 0 aliphatic heterocycles. The fourth-order valence-corrected chi connectivity index (χ4v) is 1.80. The number of nitrogen functional groups attached to an aromatic ring is 2. The number of carboxylic acid groups (broad SMARTS) is 2. The van der Waals surface area contributed by atoms with Gasteiger partial charge in [0.1, 0.15) is 0 Å². The second-order valence-electron chi connectivity index (χ2n) is 5.08. The van der Waals surface area contributed by atoms with Crippen molar-refractivity contribution >= 4 is 35.3 Å². The van der Waals surface area contributed by atoms with Gasteiger partial charge in [-0.2, -0.15) is 0 Å². The molecule has 9 N–H and O–H groups in total. The highest BCUT2D eigenvalue weighted by Gasteiger charge is 2.27. The van der Waals surface area contributed by atoms with E-state index in [1.807, 2.05) is 5.32 Å². The third kappa shape index (κ3) is 4.84. The van der Waals surface area contributed by atoms with Crippen LogP contribution in [0.25, 0.3) is 0 Å². The van der Waals surface area contributed by atoms with Crippen LogP contribution in [-0.4, -0.2) is 73.3 Å². The number of carbonyl (C=O) groups excluding carboxylic acids is 2. The molecule has 142 valence electrons. The minimum atomic E-state index is -1.62. The van der Waals surface area contributed by atoms with Gasteiger partial charge in [0, 0.05) is 6.42 Å². The number of anilines is 2. The van der Waals surface area contributed by atoms with Crippen LogP contribution in [0.2, 0.25) is 0 Å². The Morgan fingerprint density at radius 1 is 0.923 bits per heavy atom. The largest absolute Gasteiger partial charge is 0.481 e. The summed E-state index contributed by atoms with van der Waals surface area (Å²) in [5.41, 5.74) is 10.0. The maximum atomic E-state index is 12.1. The standard InChI is InChI=1S/C13H17N5O8/c14-9-7(6(21)1-4(2-19)12(23)24)17-10(15)8(18-9)11(22)16-5(3-20)13(25)26/h4-5,19-20H,1-3H2,(H2,14,18)(H2,15,17)(H,16,22)(H,23,24)(H,25,26)/t4-,5-/m0/s1. The molecule has 0 fully saturated rings. The van der Waals surface area contributed by atoms with Gasteiger partial charge in [0.25, 0.3) is 5.91 Å². The number of hydrogen-bond donors (Lipinski definition) is 7. The van der Waals surface area contributed by atoms with Gasteiger partial charge < -0.3 is 37.2 Å². The topological polar surface area (TPSA) is 239 Å². The van der Waals surface area contributed by atoms with Crippen LogP contribution >= 0.6 is 0 Å². The summed E-state index contributed by atoms with van der Waals surface area (Å²) < 4.78 is 0. The average Bonchev–Trinajstić information content (AvgIpc) is 2.57. The molecule has 1 amide bonds. The van der Waals surface area contributed by atoms with E-state index in [4.69, 9.17) is 31.9 Å². The lowest BCUT2D eigenvalue weighted by Gasteiger charge is -2.13. The van der Waals surface area contributed by atoms with Crippen molar-refractivity contribution in [3.05, 3.63) is 11.4 Å². The molecular weight excluding hydrogens is 354 g/mol. The highest BCUT2D eigenvalue weighted by molar-refractivity contribution is 6.03. The number of nitrogens with one attached hydrogen (secondary N) is 1. The molecule has 0 aromatic carbocycles. The molecule has 1 rings (SSSR count). The van der Waals surface area contributed by atoms with E-state index in [9.17, 15) is 19.2 Å². The summed E-state index contributed by atoms with van der Waals surface area (Å²) in [5, 5.41) is 37.4. The number of nitrogens with zero attached hydrogens (tertiary/aromatic N) is 2. The van der Waals surface area contributed by atoms with E-state index in [0.717, 1.165) is 0 Å². The maximum Gasteiger partial charge on any atom is 0.328 e. The summed E-state index contributed by atoms with van der Waals surface area (Å²) in [5.74, 6) is -7.34. The fraction of sp³-hybridized carbons (Fsp3) is 0.385. The van der Waals surface area contributed by atoms with Crippen molar-refractivity contribution in [3.8, 4) is 0 Å². The molecule has 2 atom stereocenters. The first-order valence-electron chi connectivity index (χ1n) is 7.06. The second-order valence-corrected chi connectivity index (χ2v) is 5.08. The zero-order valence-electron chi connectivity index (χ0n) is 13.2. The van der Waals surface area contributed by atoms with E-state index in [1.165, 1.54) is 0 Å². The molecule has 26 heavy (non-hydrogen) atoms. The van der Waals surface area contributed by atoms with E-state index < -0.39 is 78.2 Å². The number of Topliss-reactive ketones (excluding diaryl/α,β-unsaturated/α-hetero) is 1. The Kier molecular flexibility index (Phi) is 6.92. The summed E-state index contributed by atoms with van der Waals surface area (Å²) in [7, 11) is 0. The third-order valence-corrected chi connectivity index (χ3v) is 3.22. The summed E-state index contributed by atoms with van der Waals surface area (Å²) in [6, 6.07) is -1.62. The van der Waals surface area contributed by atoms with Crippen LogP contribution in [0.4, 0.5) is 11.6 Å². The summed E-state index contributed by atoms with van der Waals surface area (Å²) in [4.78, 5) is 52.9. The minimum absolute atomic E-state index is 0.490. The number of rotatable bonds is 9. The lowest BCUT2D eigenvalue weighted by Crippen LogP contribution is -2.44. The highest BCUT2D eigenvalue weighted by Crippen LogP contribution is 2.17. The van der Waals surface area contributed by atoms with Gasteiger partial charge in [0.2, 0.25) is 0 Å². The van der Waals surface area contributed by atoms with Crippen LogP contribution < -0.4 is 16.8 Å². The van der Waals surface area contributed by atoms with Gasteiger partial charge in [-0.25, -0.2) is 14.8 Å². The van der Waals surface area contributed by atoms with E-state index >= 15 is 0 Å². The quantitative estimate of drug-likeness (QED) is 0.216. The number of carboxylic acids is 2. The molecule has 1 aromatic rings. The van der Waals surface area contributed by atoms with Crippen molar-refractivity contribution in [3.63, 3.8) is 0 Å². The molecule has 0 saturated carbocycles. The second kappa shape index (κ2) is 8.68. The van der Waals surface area contributed by atoms with Gasteiger partial charge in [0.05, 0.1) is 19.1 Å². The minimum Gasteiger partial charge on any atom is -0.481 e. The van der Waals surface area contributed by atoms with E-state index in [0.29, 0.717) is 0 Å². The number of nitrogens with two attached hydrogens (primary N) is 2. The molecule has 1 aromatic heterocycles. The normalized spacial score (nSPS) is 12.8. The number of aromatic nitrogens is 2. The number of hydrogen-bond acceptors (Lipinski definition) is 10. The Morgan fingerprint density at radius 2 is 1.46 bits per heavy atom. The first kappa shape index (κ1) is 20.7. The van der Waals surface area contributed by atoms with Gasteiger partial charge in [-0.05, 0) is 0 Å². The first-order valence-corrected chi connectivity index (χ1v) is 7.06. The van der Waals surface area contributed by atoms with E-state index in [2.05, 4.69) is 9.97 Å². The Hall–Kier alpha value is -3.32. The number of aliphatic carboxylic acids is 2. The molecule has 0 aliphatic carbocycles. The smallest absolute Gasteiger partial charge is 0.328 e. The van der Waals surface area contributed by atoms with Crippen molar-refractivity contribution in [1.82, 2.24) is 15.3 Å². The van der Waals surface area contributed by atoms with Gasteiger partial charge >= 0.3 is 11.9 Å². The molecule has 0 saturated heterocycles. The van der Waals surface area contributed by atoms with Crippen molar-refractivity contribution in [2.24, 2.45) is 5.92 Å². The number of amides is 1. The van der Waals surface area contributed by atoms with Crippen LogP contribution in [0.1, 0.15) is 27.4 Å². The monoisotopic (exact) mass is 371 g/mol. The number of ketones is 1. The van der Waals surface area contributed by atoms with Crippen LogP contribution in [0.5, 0.6) is 0 Å². The maximum absolute atomic E-state index is 12.1. The Labute approximate surface area is 145 Å². The highest BCUT2D eigenvalue weighted by atomic mass is 16.4. The van der Waals surface area contributed by atoms with Gasteiger partial charge in [-0.15, -0.1) is 0 Å². The molecule has 0 unspecified atom stereocenters. The lowest BCUT2D eigenvalue weighted by molar-refractivity contribution is -0.143. The van der Waals surface area contributed by atoms with Crippen LogP contribution in [0.3, 0.4) is 0 Å².